The SMILES string of the molecule is Cc1nn(C)c(C)c1C(=O)NC(C#N)C1CC1. The molecule has 0 saturated heterocycles. The van der Waals surface area contributed by atoms with Crippen molar-refractivity contribution >= 4 is 5.91 Å². The number of aromatic nitrogens is 2. The van der Waals surface area contributed by atoms with Crippen molar-refractivity contribution in [2.24, 2.45) is 13.0 Å². The van der Waals surface area contributed by atoms with Crippen molar-refractivity contribution in [1.29, 1.82) is 5.26 Å². The summed E-state index contributed by atoms with van der Waals surface area (Å²) in [4.78, 5) is 12.1. The van der Waals surface area contributed by atoms with Gasteiger partial charge in [-0.25, -0.2) is 0 Å². The minimum absolute atomic E-state index is 0.188. The number of amides is 1. The highest BCUT2D eigenvalue weighted by atomic mass is 16.1. The zero-order valence-corrected chi connectivity index (χ0v) is 10.3. The molecular formula is C12H16N4O. The maximum atomic E-state index is 12.1. The van der Waals surface area contributed by atoms with E-state index in [0.29, 0.717) is 17.2 Å². The van der Waals surface area contributed by atoms with E-state index in [-0.39, 0.29) is 11.9 Å². The zero-order chi connectivity index (χ0) is 12.6. The molecule has 1 aromatic rings. The standard InChI is InChI=1S/C12H16N4O/c1-7-11(8(2)16(3)15-7)12(17)14-10(6-13)9-4-5-9/h9-10H,4-5H2,1-3H3,(H,14,17). The van der Waals surface area contributed by atoms with Gasteiger partial charge in [0.05, 0.1) is 17.3 Å². The predicted octanol–water partition coefficient (Wildman–Crippen LogP) is 1.07. The van der Waals surface area contributed by atoms with Crippen LogP contribution < -0.4 is 5.32 Å². The van der Waals surface area contributed by atoms with Crippen molar-refractivity contribution in [3.8, 4) is 6.07 Å². The van der Waals surface area contributed by atoms with E-state index in [1.165, 1.54) is 0 Å². The van der Waals surface area contributed by atoms with Gasteiger partial charge in [0, 0.05) is 12.7 Å². The van der Waals surface area contributed by atoms with Crippen molar-refractivity contribution in [3.05, 3.63) is 17.0 Å². The first-order chi connectivity index (χ1) is 8.04. The maximum absolute atomic E-state index is 12.1. The van der Waals surface area contributed by atoms with E-state index < -0.39 is 0 Å². The van der Waals surface area contributed by atoms with Crippen LogP contribution in [0.2, 0.25) is 0 Å². The summed E-state index contributed by atoms with van der Waals surface area (Å²) >= 11 is 0. The number of rotatable bonds is 3. The largest absolute Gasteiger partial charge is 0.336 e. The van der Waals surface area contributed by atoms with Crippen molar-refractivity contribution < 1.29 is 4.79 Å². The Morgan fingerprint density at radius 3 is 2.65 bits per heavy atom. The Bertz CT molecular complexity index is 493. The number of hydrogen-bond donors (Lipinski definition) is 1. The Morgan fingerprint density at radius 1 is 1.59 bits per heavy atom. The molecule has 0 radical (unpaired) electrons. The van der Waals surface area contributed by atoms with Gasteiger partial charge in [0.2, 0.25) is 0 Å². The molecule has 1 saturated carbocycles. The quantitative estimate of drug-likeness (QED) is 0.847. The van der Waals surface area contributed by atoms with Crippen LogP contribution in [0.4, 0.5) is 0 Å². The molecule has 1 N–H and O–H groups in total. The van der Waals surface area contributed by atoms with Crippen LogP contribution in [0.1, 0.15) is 34.6 Å². The number of carbonyl (C=O) groups excluding carboxylic acids is 1. The van der Waals surface area contributed by atoms with E-state index in [0.717, 1.165) is 18.5 Å². The summed E-state index contributed by atoms with van der Waals surface area (Å²) in [5.41, 5.74) is 2.12. The van der Waals surface area contributed by atoms with E-state index in [1.54, 1.807) is 11.6 Å². The van der Waals surface area contributed by atoms with Gasteiger partial charge >= 0.3 is 0 Å². The molecule has 0 aliphatic heterocycles. The third-order valence-corrected chi connectivity index (χ3v) is 3.26. The highest BCUT2D eigenvalue weighted by molar-refractivity contribution is 5.96. The molecule has 1 atom stereocenters. The molecular weight excluding hydrogens is 216 g/mol. The molecule has 1 heterocycles. The molecule has 1 fully saturated rings. The lowest BCUT2D eigenvalue weighted by Gasteiger charge is -2.10. The van der Waals surface area contributed by atoms with Gasteiger partial charge in [-0.1, -0.05) is 0 Å². The second-order valence-corrected chi connectivity index (χ2v) is 4.59. The molecule has 17 heavy (non-hydrogen) atoms. The van der Waals surface area contributed by atoms with Gasteiger partial charge in [0.1, 0.15) is 6.04 Å². The van der Waals surface area contributed by atoms with E-state index in [9.17, 15) is 4.79 Å². The average molecular weight is 232 g/mol. The van der Waals surface area contributed by atoms with E-state index in [2.05, 4.69) is 16.5 Å². The molecule has 5 nitrogen and oxygen atoms in total. The molecule has 1 unspecified atom stereocenters. The van der Waals surface area contributed by atoms with Gasteiger partial charge in [-0.2, -0.15) is 10.4 Å². The number of aryl methyl sites for hydroxylation is 2. The first kappa shape index (κ1) is 11.6. The van der Waals surface area contributed by atoms with Crippen molar-refractivity contribution in [3.63, 3.8) is 0 Å². The lowest BCUT2D eigenvalue weighted by Crippen LogP contribution is -2.35. The van der Waals surface area contributed by atoms with E-state index in [1.807, 2.05) is 14.0 Å². The first-order valence-corrected chi connectivity index (χ1v) is 5.75. The molecule has 0 bridgehead atoms. The molecule has 0 aromatic carbocycles. The van der Waals surface area contributed by atoms with Gasteiger partial charge in [-0.3, -0.25) is 9.48 Å². The minimum Gasteiger partial charge on any atom is -0.336 e. The normalized spacial score (nSPS) is 16.4. The summed E-state index contributed by atoms with van der Waals surface area (Å²) in [6, 6.07) is 1.79. The van der Waals surface area contributed by atoms with Crippen molar-refractivity contribution in [2.75, 3.05) is 0 Å². The van der Waals surface area contributed by atoms with Gasteiger partial charge in [0.15, 0.2) is 0 Å². The Balaban J connectivity index is 2.17. The Labute approximate surface area is 100 Å². The van der Waals surface area contributed by atoms with Crippen molar-refractivity contribution in [1.82, 2.24) is 15.1 Å². The summed E-state index contributed by atoms with van der Waals surface area (Å²) in [5, 5.41) is 16.0. The minimum atomic E-state index is -0.360. The first-order valence-electron chi connectivity index (χ1n) is 5.75. The molecule has 1 aliphatic carbocycles. The molecule has 90 valence electrons. The van der Waals surface area contributed by atoms with Gasteiger partial charge < -0.3 is 5.32 Å². The molecule has 1 aliphatic rings. The fraction of sp³-hybridized carbons (Fsp3) is 0.583. The number of nitriles is 1. The summed E-state index contributed by atoms with van der Waals surface area (Å²) in [7, 11) is 1.81. The molecule has 5 heteroatoms. The van der Waals surface area contributed by atoms with Crippen LogP contribution in [-0.2, 0) is 7.05 Å². The van der Waals surface area contributed by atoms with E-state index in [4.69, 9.17) is 5.26 Å². The lowest BCUT2D eigenvalue weighted by atomic mass is 10.1. The van der Waals surface area contributed by atoms with Crippen LogP contribution in [-0.4, -0.2) is 21.7 Å². The average Bonchev–Trinajstić information content (AvgIpc) is 3.05. The summed E-state index contributed by atoms with van der Waals surface area (Å²) < 4.78 is 1.68. The second-order valence-electron chi connectivity index (χ2n) is 4.59. The maximum Gasteiger partial charge on any atom is 0.256 e. The van der Waals surface area contributed by atoms with Crippen LogP contribution in [0.25, 0.3) is 0 Å². The van der Waals surface area contributed by atoms with Crippen LogP contribution in [0, 0.1) is 31.1 Å². The summed E-state index contributed by atoms with van der Waals surface area (Å²) in [6.45, 7) is 3.66. The number of nitrogens with one attached hydrogen (secondary N) is 1. The molecule has 0 spiro atoms. The van der Waals surface area contributed by atoms with Gasteiger partial charge in [0.25, 0.3) is 5.91 Å². The monoisotopic (exact) mass is 232 g/mol. The third kappa shape index (κ3) is 2.16. The van der Waals surface area contributed by atoms with Crippen LogP contribution in [0.5, 0.6) is 0 Å². The number of hydrogen-bond acceptors (Lipinski definition) is 3. The second kappa shape index (κ2) is 4.21. The highest BCUT2D eigenvalue weighted by Crippen LogP contribution is 2.32. The molecule has 2 rings (SSSR count). The smallest absolute Gasteiger partial charge is 0.256 e. The molecule has 1 aromatic heterocycles. The number of nitrogens with zero attached hydrogens (tertiary/aromatic N) is 3. The summed E-state index contributed by atoms with van der Waals surface area (Å²) in [5.74, 6) is 0.146. The fourth-order valence-corrected chi connectivity index (χ4v) is 2.00. The summed E-state index contributed by atoms with van der Waals surface area (Å²) in [6.07, 6.45) is 2.06. The Kier molecular flexibility index (Phi) is 2.88. The topological polar surface area (TPSA) is 70.7 Å². The number of carbonyl (C=O) groups is 1. The van der Waals surface area contributed by atoms with Crippen LogP contribution >= 0.6 is 0 Å². The van der Waals surface area contributed by atoms with Gasteiger partial charge in [-0.15, -0.1) is 0 Å². The zero-order valence-electron chi connectivity index (χ0n) is 10.3. The van der Waals surface area contributed by atoms with Crippen LogP contribution in [0.3, 0.4) is 0 Å². The highest BCUT2D eigenvalue weighted by Gasteiger charge is 2.33. The van der Waals surface area contributed by atoms with E-state index >= 15 is 0 Å². The fourth-order valence-electron chi connectivity index (χ4n) is 2.00. The molecule has 1 amide bonds. The lowest BCUT2D eigenvalue weighted by molar-refractivity contribution is 0.0940. The predicted molar refractivity (Wildman–Crippen MR) is 62.3 cm³/mol. The third-order valence-electron chi connectivity index (χ3n) is 3.26. The van der Waals surface area contributed by atoms with Crippen molar-refractivity contribution in [2.45, 2.75) is 32.7 Å². The van der Waals surface area contributed by atoms with Crippen LogP contribution in [0.15, 0.2) is 0 Å². The Morgan fingerprint density at radius 2 is 2.24 bits per heavy atom. The van der Waals surface area contributed by atoms with Gasteiger partial charge in [-0.05, 0) is 32.6 Å². The Hall–Kier alpha value is -1.83.